The molecule has 6 N–H and O–H groups in total. The van der Waals surface area contributed by atoms with Crippen molar-refractivity contribution in [3.05, 3.63) is 12.7 Å². The minimum atomic E-state index is -4.05. The van der Waals surface area contributed by atoms with Gasteiger partial charge in [0.1, 0.15) is 30.2 Å². The number of hydrogen-bond donors (Lipinski definition) is 5. The maximum Gasteiger partial charge on any atom is 0.322 e. The van der Waals surface area contributed by atoms with Crippen LogP contribution in [0.4, 0.5) is 5.82 Å². The van der Waals surface area contributed by atoms with Gasteiger partial charge < -0.3 is 30.5 Å². The average molecular weight is 363 g/mol. The van der Waals surface area contributed by atoms with Crippen molar-refractivity contribution in [2.45, 2.75) is 24.5 Å². The Morgan fingerprint density at radius 3 is 2.78 bits per heavy atom. The molecule has 2 aromatic heterocycles. The second-order valence-electron chi connectivity index (χ2n) is 4.88. The minimum absolute atomic E-state index is 0.161. The van der Waals surface area contributed by atoms with Crippen LogP contribution in [0.15, 0.2) is 12.7 Å². The van der Waals surface area contributed by atoms with Crippen LogP contribution in [0, 0.1) is 0 Å². The number of fused-ring (bicyclic) bond motifs is 1. The van der Waals surface area contributed by atoms with Crippen molar-refractivity contribution in [2.75, 3.05) is 12.3 Å². The Hall–Kier alpha value is -1.24. The second-order valence-corrected chi connectivity index (χ2v) is 7.50. The smallest absolute Gasteiger partial charge is 0.322 e. The van der Waals surface area contributed by atoms with Gasteiger partial charge in [-0.25, -0.2) is 15.0 Å². The molecule has 1 saturated heterocycles. The summed E-state index contributed by atoms with van der Waals surface area (Å²) < 4.78 is 11.8. The molecule has 0 bridgehead atoms. The quantitative estimate of drug-likeness (QED) is 0.391. The molecule has 1 aliphatic rings. The molecular formula is C10H14N5O6PS. The Bertz CT molecular complexity index is 767. The predicted octanol–water partition coefficient (Wildman–Crippen LogP) is -1.75. The number of hydrogen-bond acceptors (Lipinski definition) is 9. The highest BCUT2D eigenvalue weighted by atomic mass is 32.5. The molecule has 0 spiro atoms. The van der Waals surface area contributed by atoms with E-state index in [-0.39, 0.29) is 5.82 Å². The molecule has 2 aromatic rings. The maximum atomic E-state index is 10.4. The summed E-state index contributed by atoms with van der Waals surface area (Å²) in [6.07, 6.45) is -2.03. The first-order valence-electron chi connectivity index (χ1n) is 6.43. The van der Waals surface area contributed by atoms with Crippen molar-refractivity contribution in [1.29, 1.82) is 0 Å². The monoisotopic (exact) mass is 363 g/mol. The number of nitrogens with zero attached hydrogens (tertiary/aromatic N) is 4. The third-order valence-electron chi connectivity index (χ3n) is 3.41. The highest BCUT2D eigenvalue weighted by Gasteiger charge is 2.47. The third-order valence-corrected chi connectivity index (χ3v) is 4.19. The van der Waals surface area contributed by atoms with Gasteiger partial charge in [0.15, 0.2) is 17.7 Å². The third kappa shape index (κ3) is 3.07. The highest BCUT2D eigenvalue weighted by Crippen LogP contribution is 2.44. The number of nitrogen functional groups attached to an aromatic ring is 1. The number of aromatic nitrogens is 4. The summed E-state index contributed by atoms with van der Waals surface area (Å²) in [5, 5.41) is 19.7. The van der Waals surface area contributed by atoms with Crippen LogP contribution in [0.5, 0.6) is 0 Å². The van der Waals surface area contributed by atoms with Crippen LogP contribution >= 0.6 is 6.72 Å². The SMILES string of the molecule is Nc1ncnc2c1ncn2[C@@H]1O[C@H](CO)[C@@H](OP(O)(O)=S)[C@H]1O. The summed E-state index contributed by atoms with van der Waals surface area (Å²) in [6, 6.07) is 0. The molecule has 0 radical (unpaired) electrons. The van der Waals surface area contributed by atoms with Gasteiger partial charge in [0.25, 0.3) is 0 Å². The molecule has 0 amide bonds. The van der Waals surface area contributed by atoms with Crippen LogP contribution in [0.2, 0.25) is 0 Å². The van der Waals surface area contributed by atoms with Gasteiger partial charge in [-0.1, -0.05) is 0 Å². The first-order valence-corrected chi connectivity index (χ1v) is 9.05. The first-order chi connectivity index (χ1) is 10.8. The highest BCUT2D eigenvalue weighted by molar-refractivity contribution is 8.06. The summed E-state index contributed by atoms with van der Waals surface area (Å²) in [5.41, 5.74) is 6.33. The van der Waals surface area contributed by atoms with Gasteiger partial charge >= 0.3 is 6.72 Å². The average Bonchev–Trinajstić information content (AvgIpc) is 3.01. The molecular weight excluding hydrogens is 349 g/mol. The number of imidazole rings is 1. The zero-order chi connectivity index (χ0) is 16.8. The number of anilines is 1. The van der Waals surface area contributed by atoms with E-state index in [0.717, 1.165) is 0 Å². The molecule has 1 fully saturated rings. The van der Waals surface area contributed by atoms with E-state index in [1.165, 1.54) is 17.2 Å². The van der Waals surface area contributed by atoms with Gasteiger partial charge in [0, 0.05) is 0 Å². The summed E-state index contributed by atoms with van der Waals surface area (Å²) in [7, 11) is 0. The predicted molar refractivity (Wildman–Crippen MR) is 80.3 cm³/mol. The van der Waals surface area contributed by atoms with Crippen molar-refractivity contribution in [2.24, 2.45) is 0 Å². The maximum absolute atomic E-state index is 10.4. The molecule has 4 atom stereocenters. The summed E-state index contributed by atoms with van der Waals surface area (Å²) >= 11 is 4.40. The molecule has 0 aromatic carbocycles. The van der Waals surface area contributed by atoms with Crippen LogP contribution < -0.4 is 5.73 Å². The van der Waals surface area contributed by atoms with Crippen LogP contribution in [-0.4, -0.2) is 64.4 Å². The van der Waals surface area contributed by atoms with E-state index in [9.17, 15) is 20.0 Å². The van der Waals surface area contributed by atoms with Crippen molar-refractivity contribution in [1.82, 2.24) is 19.5 Å². The first kappa shape index (κ1) is 16.6. The van der Waals surface area contributed by atoms with E-state index in [1.54, 1.807) is 0 Å². The van der Waals surface area contributed by atoms with Crippen LogP contribution in [0.1, 0.15) is 6.23 Å². The Morgan fingerprint density at radius 2 is 2.13 bits per heavy atom. The Kier molecular flexibility index (Phi) is 4.33. The molecule has 0 aliphatic carbocycles. The summed E-state index contributed by atoms with van der Waals surface area (Å²) in [4.78, 5) is 30.5. The van der Waals surface area contributed by atoms with Crippen molar-refractivity contribution < 1.29 is 29.3 Å². The van der Waals surface area contributed by atoms with E-state index in [1.807, 2.05) is 0 Å². The van der Waals surface area contributed by atoms with Gasteiger partial charge in [0.05, 0.1) is 12.9 Å². The van der Waals surface area contributed by atoms with E-state index in [2.05, 4.69) is 26.8 Å². The minimum Gasteiger partial charge on any atom is -0.394 e. The molecule has 126 valence electrons. The number of aliphatic hydroxyl groups is 2. The second kappa shape index (κ2) is 6.00. The Morgan fingerprint density at radius 1 is 1.39 bits per heavy atom. The topological polar surface area (TPSA) is 169 Å². The fraction of sp³-hybridized carbons (Fsp3) is 0.500. The zero-order valence-electron chi connectivity index (χ0n) is 11.5. The number of ether oxygens (including phenoxy) is 1. The number of rotatable bonds is 4. The van der Waals surface area contributed by atoms with E-state index >= 15 is 0 Å². The van der Waals surface area contributed by atoms with Gasteiger partial charge in [-0.15, -0.1) is 0 Å². The molecule has 0 unspecified atom stereocenters. The molecule has 13 heteroatoms. The number of nitrogens with two attached hydrogens (primary N) is 1. The standard InChI is InChI=1S/C10H14N5O6PS/c11-8-5-9(13-2-12-8)15(3-14-5)10-6(17)7(4(1-16)20-10)21-22(18,19)23/h2-4,6-7,10,16-17H,1H2,(H2,11,12,13)(H2,18,19,23)/t4-,6-,7-,10-/m1/s1. The van der Waals surface area contributed by atoms with Gasteiger partial charge in [-0.3, -0.25) is 9.09 Å². The molecule has 3 rings (SSSR count). The van der Waals surface area contributed by atoms with Crippen molar-refractivity contribution in [3.8, 4) is 0 Å². The van der Waals surface area contributed by atoms with Crippen molar-refractivity contribution >= 4 is 35.5 Å². The van der Waals surface area contributed by atoms with Crippen molar-refractivity contribution in [3.63, 3.8) is 0 Å². The normalized spacial score (nSPS) is 28.5. The largest absolute Gasteiger partial charge is 0.394 e. The molecule has 11 nitrogen and oxygen atoms in total. The molecule has 0 saturated carbocycles. The summed E-state index contributed by atoms with van der Waals surface area (Å²) in [6.45, 7) is -4.57. The molecule has 3 heterocycles. The Labute approximate surface area is 134 Å². The van der Waals surface area contributed by atoms with Gasteiger partial charge in [-0.05, 0) is 11.8 Å². The molecule has 1 aliphatic heterocycles. The van der Waals surface area contributed by atoms with Crippen LogP contribution in [-0.2, 0) is 21.1 Å². The van der Waals surface area contributed by atoms with Gasteiger partial charge in [0.2, 0.25) is 0 Å². The van der Waals surface area contributed by atoms with E-state index in [4.69, 9.17) is 15.0 Å². The van der Waals surface area contributed by atoms with Crippen LogP contribution in [0.25, 0.3) is 11.2 Å². The number of aliphatic hydroxyl groups excluding tert-OH is 2. The van der Waals surface area contributed by atoms with Crippen LogP contribution in [0.3, 0.4) is 0 Å². The van der Waals surface area contributed by atoms with E-state index in [0.29, 0.717) is 11.2 Å². The molecule has 23 heavy (non-hydrogen) atoms. The lowest BCUT2D eigenvalue weighted by molar-refractivity contribution is -0.0506. The van der Waals surface area contributed by atoms with E-state index < -0.39 is 37.9 Å². The fourth-order valence-electron chi connectivity index (χ4n) is 2.44. The fourth-order valence-corrected chi connectivity index (χ4v) is 3.32. The zero-order valence-corrected chi connectivity index (χ0v) is 13.2. The Balaban J connectivity index is 1.96. The van der Waals surface area contributed by atoms with Gasteiger partial charge in [-0.2, -0.15) is 0 Å². The lowest BCUT2D eigenvalue weighted by Gasteiger charge is -2.21. The lowest BCUT2D eigenvalue weighted by Crippen LogP contribution is -2.35. The lowest BCUT2D eigenvalue weighted by atomic mass is 10.1. The summed E-state index contributed by atoms with van der Waals surface area (Å²) in [5.74, 6) is 0.161.